The number of methoxy groups -OCH3 is 1. The molecule has 1 rings (SSSR count). The first-order valence-corrected chi connectivity index (χ1v) is 4.61. The molecule has 2 nitrogen and oxygen atoms in total. The molecule has 0 spiro atoms. The summed E-state index contributed by atoms with van der Waals surface area (Å²) in [5, 5.41) is 8.68. The van der Waals surface area contributed by atoms with Crippen LogP contribution in [0.2, 0.25) is 0 Å². The molecule has 0 aromatic heterocycles. The van der Waals surface area contributed by atoms with E-state index in [2.05, 4.69) is 6.07 Å². The van der Waals surface area contributed by atoms with Crippen LogP contribution >= 0.6 is 0 Å². The molecule has 0 saturated heterocycles. The fourth-order valence-corrected chi connectivity index (χ4v) is 1.39. The largest absolute Gasteiger partial charge is 0.497 e. The smallest absolute Gasteiger partial charge is 0.140 e. The van der Waals surface area contributed by atoms with Crippen LogP contribution < -0.4 is 10.2 Å². The summed E-state index contributed by atoms with van der Waals surface area (Å²) in [5.41, 5.74) is 3.38. The minimum absolute atomic E-state index is 0.0739. The highest BCUT2D eigenvalue weighted by molar-refractivity contribution is 6.34. The first kappa shape index (κ1) is 10.9. The van der Waals surface area contributed by atoms with Crippen LogP contribution in [0.25, 0.3) is 6.08 Å². The van der Waals surface area contributed by atoms with Gasteiger partial charge in [-0.25, -0.2) is 0 Å². The molecule has 0 aliphatic carbocycles. The molecule has 0 fully saturated rings. The first-order chi connectivity index (χ1) is 6.69. The molecule has 1 aromatic rings. The molecule has 0 atom stereocenters. The Morgan fingerprint density at radius 3 is 2.79 bits per heavy atom. The second-order valence-electron chi connectivity index (χ2n) is 3.26. The average Bonchev–Trinajstić information content (AvgIpc) is 2.18. The second kappa shape index (κ2) is 4.87. The third kappa shape index (κ3) is 2.39. The van der Waals surface area contributed by atoms with Crippen molar-refractivity contribution in [2.75, 3.05) is 13.7 Å². The third-order valence-corrected chi connectivity index (χ3v) is 2.19. The SMILES string of the molecule is Bc1cc(OC)c(C)cc1/C=C/CO. The van der Waals surface area contributed by atoms with E-state index in [1.54, 1.807) is 13.2 Å². The van der Waals surface area contributed by atoms with Crippen LogP contribution in [0.15, 0.2) is 18.2 Å². The van der Waals surface area contributed by atoms with Gasteiger partial charge in [0, 0.05) is 0 Å². The van der Waals surface area contributed by atoms with Gasteiger partial charge in [-0.05, 0) is 30.2 Å². The van der Waals surface area contributed by atoms with Crippen LogP contribution in [-0.4, -0.2) is 26.7 Å². The Morgan fingerprint density at radius 1 is 1.50 bits per heavy atom. The number of hydrogen-bond acceptors (Lipinski definition) is 2. The highest BCUT2D eigenvalue weighted by Crippen LogP contribution is 2.17. The van der Waals surface area contributed by atoms with Crippen LogP contribution in [0.1, 0.15) is 11.1 Å². The molecule has 0 radical (unpaired) electrons. The maximum absolute atomic E-state index is 8.68. The van der Waals surface area contributed by atoms with E-state index in [1.807, 2.05) is 26.9 Å². The first-order valence-electron chi connectivity index (χ1n) is 4.61. The lowest BCUT2D eigenvalue weighted by Crippen LogP contribution is -2.08. The van der Waals surface area contributed by atoms with Crippen LogP contribution in [-0.2, 0) is 0 Å². The number of aliphatic hydroxyl groups excluding tert-OH is 1. The van der Waals surface area contributed by atoms with Gasteiger partial charge in [0.25, 0.3) is 0 Å². The van der Waals surface area contributed by atoms with Gasteiger partial charge in [-0.1, -0.05) is 17.6 Å². The van der Waals surface area contributed by atoms with Gasteiger partial charge in [-0.15, -0.1) is 0 Å². The lowest BCUT2D eigenvalue weighted by Gasteiger charge is -2.08. The van der Waals surface area contributed by atoms with Crippen molar-refractivity contribution in [3.8, 4) is 5.75 Å². The Balaban J connectivity index is 3.08. The van der Waals surface area contributed by atoms with E-state index in [9.17, 15) is 0 Å². The van der Waals surface area contributed by atoms with Gasteiger partial charge in [0.1, 0.15) is 13.6 Å². The van der Waals surface area contributed by atoms with Crippen LogP contribution in [0.3, 0.4) is 0 Å². The Hall–Kier alpha value is -1.22. The predicted molar refractivity (Wildman–Crippen MR) is 62.0 cm³/mol. The molecular formula is C11H15BO2. The number of benzene rings is 1. The highest BCUT2D eigenvalue weighted by Gasteiger charge is 2.01. The molecule has 1 aromatic carbocycles. The van der Waals surface area contributed by atoms with Crippen LogP contribution in [0.4, 0.5) is 0 Å². The molecule has 14 heavy (non-hydrogen) atoms. The van der Waals surface area contributed by atoms with Crippen molar-refractivity contribution in [1.82, 2.24) is 0 Å². The van der Waals surface area contributed by atoms with Gasteiger partial charge < -0.3 is 9.84 Å². The molecule has 0 heterocycles. The van der Waals surface area contributed by atoms with Gasteiger partial charge >= 0.3 is 0 Å². The number of hydrogen-bond donors (Lipinski definition) is 1. The molecule has 1 N–H and O–H groups in total. The van der Waals surface area contributed by atoms with Gasteiger partial charge in [0.15, 0.2) is 0 Å². The van der Waals surface area contributed by atoms with Gasteiger partial charge in [0.05, 0.1) is 13.7 Å². The summed E-state index contributed by atoms with van der Waals surface area (Å²) in [6.07, 6.45) is 3.65. The van der Waals surface area contributed by atoms with Gasteiger partial charge in [0.2, 0.25) is 0 Å². The van der Waals surface area contributed by atoms with Crippen molar-refractivity contribution in [2.24, 2.45) is 0 Å². The van der Waals surface area contributed by atoms with Crippen molar-refractivity contribution < 1.29 is 9.84 Å². The Kier molecular flexibility index (Phi) is 3.78. The maximum atomic E-state index is 8.68. The van der Waals surface area contributed by atoms with E-state index < -0.39 is 0 Å². The van der Waals surface area contributed by atoms with Crippen molar-refractivity contribution in [1.29, 1.82) is 0 Å². The van der Waals surface area contributed by atoms with E-state index in [4.69, 9.17) is 9.84 Å². The average molecular weight is 190 g/mol. The third-order valence-electron chi connectivity index (χ3n) is 2.19. The fourth-order valence-electron chi connectivity index (χ4n) is 1.39. The minimum Gasteiger partial charge on any atom is -0.497 e. The van der Waals surface area contributed by atoms with E-state index in [0.717, 1.165) is 22.3 Å². The summed E-state index contributed by atoms with van der Waals surface area (Å²) < 4.78 is 5.21. The number of aliphatic hydroxyl groups is 1. The molecule has 0 unspecified atom stereocenters. The van der Waals surface area contributed by atoms with Crippen LogP contribution in [0.5, 0.6) is 5.75 Å². The zero-order chi connectivity index (χ0) is 10.6. The van der Waals surface area contributed by atoms with E-state index in [0.29, 0.717) is 0 Å². The summed E-state index contributed by atoms with van der Waals surface area (Å²) >= 11 is 0. The second-order valence-corrected chi connectivity index (χ2v) is 3.26. The summed E-state index contributed by atoms with van der Waals surface area (Å²) in [6.45, 7) is 2.08. The summed E-state index contributed by atoms with van der Waals surface area (Å²) in [4.78, 5) is 0. The summed E-state index contributed by atoms with van der Waals surface area (Å²) in [5.74, 6) is 0.906. The van der Waals surface area contributed by atoms with E-state index in [1.165, 1.54) is 0 Å². The Bertz CT molecular complexity index is 345. The monoisotopic (exact) mass is 190 g/mol. The maximum Gasteiger partial charge on any atom is 0.140 e. The van der Waals surface area contributed by atoms with Crippen molar-refractivity contribution in [2.45, 2.75) is 6.92 Å². The number of aryl methyl sites for hydroxylation is 1. The molecule has 0 amide bonds. The zero-order valence-corrected chi connectivity index (χ0v) is 8.87. The lowest BCUT2D eigenvalue weighted by molar-refractivity contribution is 0.343. The van der Waals surface area contributed by atoms with Gasteiger partial charge in [-0.2, -0.15) is 0 Å². The topological polar surface area (TPSA) is 29.5 Å². The quantitative estimate of drug-likeness (QED) is 0.693. The predicted octanol–water partition coefficient (Wildman–Crippen LogP) is 0.268. The van der Waals surface area contributed by atoms with E-state index in [-0.39, 0.29) is 6.61 Å². The number of ether oxygens (including phenoxy) is 1. The molecule has 0 aliphatic rings. The lowest BCUT2D eigenvalue weighted by atomic mass is 9.88. The summed E-state index contributed by atoms with van der Waals surface area (Å²) in [7, 11) is 3.70. The van der Waals surface area contributed by atoms with Crippen molar-refractivity contribution >= 4 is 19.4 Å². The Morgan fingerprint density at radius 2 is 2.21 bits per heavy atom. The molecule has 3 heteroatoms. The number of rotatable bonds is 3. The normalized spacial score (nSPS) is 10.8. The minimum atomic E-state index is 0.0739. The standard InChI is InChI=1S/C11H15BO2/c1-8-6-9(4-3-5-13)10(12)7-11(8)14-2/h3-4,6-7,13H,5,12H2,1-2H3/b4-3+. The zero-order valence-electron chi connectivity index (χ0n) is 8.87. The van der Waals surface area contributed by atoms with Crippen molar-refractivity contribution in [3.63, 3.8) is 0 Å². The molecule has 0 bridgehead atoms. The molecule has 74 valence electrons. The molecule has 0 aliphatic heterocycles. The Labute approximate surface area is 85.6 Å². The van der Waals surface area contributed by atoms with E-state index >= 15 is 0 Å². The van der Waals surface area contributed by atoms with Gasteiger partial charge in [-0.3, -0.25) is 0 Å². The van der Waals surface area contributed by atoms with Crippen molar-refractivity contribution in [3.05, 3.63) is 29.3 Å². The highest BCUT2D eigenvalue weighted by atomic mass is 16.5. The molecule has 0 saturated carbocycles. The summed E-state index contributed by atoms with van der Waals surface area (Å²) in [6, 6.07) is 4.06. The molecular weight excluding hydrogens is 175 g/mol. The van der Waals surface area contributed by atoms with Crippen LogP contribution in [0, 0.1) is 6.92 Å². The fraction of sp³-hybridized carbons (Fsp3) is 0.273.